The van der Waals surface area contributed by atoms with E-state index in [-0.39, 0.29) is 0 Å². The molecular formula is C14H19N3O. The summed E-state index contributed by atoms with van der Waals surface area (Å²) in [5.74, 6) is 1.30. The molecule has 2 aromatic rings. The second-order valence-corrected chi connectivity index (χ2v) is 4.42. The van der Waals surface area contributed by atoms with Gasteiger partial charge in [0.05, 0.1) is 0 Å². The quantitative estimate of drug-likeness (QED) is 0.822. The number of hydrogen-bond donors (Lipinski definition) is 1. The van der Waals surface area contributed by atoms with E-state index in [4.69, 9.17) is 4.42 Å². The van der Waals surface area contributed by atoms with Gasteiger partial charge in [0.15, 0.2) is 0 Å². The molecule has 96 valence electrons. The first-order valence-electron chi connectivity index (χ1n) is 6.31. The molecule has 0 aliphatic heterocycles. The third kappa shape index (κ3) is 2.96. The first-order chi connectivity index (χ1) is 8.70. The first-order valence-corrected chi connectivity index (χ1v) is 6.31. The van der Waals surface area contributed by atoms with E-state index in [0.717, 1.165) is 30.6 Å². The topological polar surface area (TPSA) is 51.0 Å². The van der Waals surface area contributed by atoms with Crippen LogP contribution in [0.3, 0.4) is 0 Å². The summed E-state index contributed by atoms with van der Waals surface area (Å²) in [6, 6.07) is 6.24. The van der Waals surface area contributed by atoms with Crippen LogP contribution in [0.4, 0.5) is 0 Å². The summed E-state index contributed by atoms with van der Waals surface area (Å²) in [5, 5.41) is 11.4. The van der Waals surface area contributed by atoms with Gasteiger partial charge in [0.25, 0.3) is 0 Å². The van der Waals surface area contributed by atoms with E-state index in [2.05, 4.69) is 54.5 Å². The third-order valence-corrected chi connectivity index (χ3v) is 2.86. The molecule has 1 heterocycles. The lowest BCUT2D eigenvalue weighted by atomic mass is 10.1. The Morgan fingerprint density at radius 1 is 1.22 bits per heavy atom. The Balaban J connectivity index is 2.16. The molecule has 0 aliphatic rings. The van der Waals surface area contributed by atoms with Crippen LogP contribution in [0.15, 0.2) is 22.6 Å². The van der Waals surface area contributed by atoms with Crippen molar-refractivity contribution in [2.24, 2.45) is 0 Å². The SMILES string of the molecule is CCNCCc1nnc(-c2cc(C)ccc2C)o1. The average Bonchev–Trinajstić information content (AvgIpc) is 2.81. The van der Waals surface area contributed by atoms with Gasteiger partial charge in [-0.25, -0.2) is 0 Å². The summed E-state index contributed by atoms with van der Waals surface area (Å²) >= 11 is 0. The van der Waals surface area contributed by atoms with Crippen molar-refractivity contribution in [3.63, 3.8) is 0 Å². The van der Waals surface area contributed by atoms with Crippen LogP contribution in [-0.4, -0.2) is 23.3 Å². The number of likely N-dealkylation sites (N-methyl/N-ethyl adjacent to an activating group) is 1. The molecule has 0 saturated heterocycles. The lowest BCUT2D eigenvalue weighted by molar-refractivity contribution is 0.496. The molecule has 4 nitrogen and oxygen atoms in total. The predicted octanol–water partition coefficient (Wildman–Crippen LogP) is 2.51. The van der Waals surface area contributed by atoms with Crippen LogP contribution >= 0.6 is 0 Å². The van der Waals surface area contributed by atoms with Gasteiger partial charge < -0.3 is 9.73 Å². The van der Waals surface area contributed by atoms with Gasteiger partial charge in [-0.15, -0.1) is 10.2 Å². The minimum absolute atomic E-state index is 0.614. The van der Waals surface area contributed by atoms with Crippen LogP contribution in [-0.2, 0) is 6.42 Å². The summed E-state index contributed by atoms with van der Waals surface area (Å²) < 4.78 is 5.69. The number of hydrogen-bond acceptors (Lipinski definition) is 4. The van der Waals surface area contributed by atoms with Crippen molar-refractivity contribution in [1.29, 1.82) is 0 Å². The van der Waals surface area contributed by atoms with Gasteiger partial charge in [0.2, 0.25) is 11.8 Å². The number of nitrogens with one attached hydrogen (secondary N) is 1. The van der Waals surface area contributed by atoms with Crippen molar-refractivity contribution in [1.82, 2.24) is 15.5 Å². The lowest BCUT2D eigenvalue weighted by Gasteiger charge is -2.02. The first kappa shape index (κ1) is 12.8. The zero-order valence-electron chi connectivity index (χ0n) is 11.2. The summed E-state index contributed by atoms with van der Waals surface area (Å²) in [5.41, 5.74) is 3.38. The molecule has 4 heteroatoms. The average molecular weight is 245 g/mol. The zero-order chi connectivity index (χ0) is 13.0. The van der Waals surface area contributed by atoms with Gasteiger partial charge in [-0.2, -0.15) is 0 Å². The number of benzene rings is 1. The fourth-order valence-corrected chi connectivity index (χ4v) is 1.80. The minimum Gasteiger partial charge on any atom is -0.421 e. The number of nitrogens with zero attached hydrogens (tertiary/aromatic N) is 2. The Morgan fingerprint density at radius 2 is 2.06 bits per heavy atom. The summed E-state index contributed by atoms with van der Waals surface area (Å²) in [7, 11) is 0. The molecule has 18 heavy (non-hydrogen) atoms. The van der Waals surface area contributed by atoms with Crippen LogP contribution in [0.2, 0.25) is 0 Å². The minimum atomic E-state index is 0.614. The molecule has 0 spiro atoms. The highest BCUT2D eigenvalue weighted by Gasteiger charge is 2.10. The zero-order valence-corrected chi connectivity index (χ0v) is 11.2. The second kappa shape index (κ2) is 5.78. The van der Waals surface area contributed by atoms with Crippen molar-refractivity contribution >= 4 is 0 Å². The highest BCUT2D eigenvalue weighted by Crippen LogP contribution is 2.23. The van der Waals surface area contributed by atoms with Gasteiger partial charge >= 0.3 is 0 Å². The van der Waals surface area contributed by atoms with Crippen LogP contribution in [0.5, 0.6) is 0 Å². The molecule has 0 fully saturated rings. The van der Waals surface area contributed by atoms with E-state index in [1.54, 1.807) is 0 Å². The normalized spacial score (nSPS) is 10.8. The van der Waals surface area contributed by atoms with E-state index in [1.807, 2.05) is 0 Å². The van der Waals surface area contributed by atoms with Crippen molar-refractivity contribution in [3.05, 3.63) is 35.2 Å². The molecule has 0 amide bonds. The van der Waals surface area contributed by atoms with Crippen LogP contribution in [0, 0.1) is 13.8 Å². The van der Waals surface area contributed by atoms with Gasteiger partial charge in [-0.3, -0.25) is 0 Å². The largest absolute Gasteiger partial charge is 0.421 e. The van der Waals surface area contributed by atoms with Gasteiger partial charge in [0, 0.05) is 18.5 Å². The second-order valence-electron chi connectivity index (χ2n) is 4.42. The van der Waals surface area contributed by atoms with Gasteiger partial charge in [-0.05, 0) is 32.0 Å². The summed E-state index contributed by atoms with van der Waals surface area (Å²) in [6.45, 7) is 8.01. The summed E-state index contributed by atoms with van der Waals surface area (Å²) in [4.78, 5) is 0. The van der Waals surface area contributed by atoms with Gasteiger partial charge in [-0.1, -0.05) is 24.6 Å². The molecule has 1 aromatic heterocycles. The van der Waals surface area contributed by atoms with Crippen molar-refractivity contribution < 1.29 is 4.42 Å². The predicted molar refractivity (Wildman–Crippen MR) is 71.5 cm³/mol. The van der Waals surface area contributed by atoms with Gasteiger partial charge in [0.1, 0.15) is 0 Å². The standard InChI is InChI=1S/C14H19N3O/c1-4-15-8-7-13-16-17-14(18-13)12-9-10(2)5-6-11(12)3/h5-6,9,15H,4,7-8H2,1-3H3. The lowest BCUT2D eigenvalue weighted by Crippen LogP contribution is -2.16. The summed E-state index contributed by atoms with van der Waals surface area (Å²) in [6.07, 6.45) is 0.770. The maximum absolute atomic E-state index is 5.69. The maximum Gasteiger partial charge on any atom is 0.248 e. The van der Waals surface area contributed by atoms with Crippen molar-refractivity contribution in [2.45, 2.75) is 27.2 Å². The van der Waals surface area contributed by atoms with E-state index in [9.17, 15) is 0 Å². The molecular weight excluding hydrogens is 226 g/mol. The Bertz CT molecular complexity index is 520. The van der Waals surface area contributed by atoms with E-state index < -0.39 is 0 Å². The Hall–Kier alpha value is -1.68. The van der Waals surface area contributed by atoms with E-state index in [0.29, 0.717) is 11.8 Å². The number of rotatable bonds is 5. The van der Waals surface area contributed by atoms with Crippen LogP contribution in [0.1, 0.15) is 23.9 Å². The number of aryl methyl sites for hydroxylation is 2. The highest BCUT2D eigenvalue weighted by atomic mass is 16.4. The molecule has 0 bridgehead atoms. The highest BCUT2D eigenvalue weighted by molar-refractivity contribution is 5.59. The van der Waals surface area contributed by atoms with E-state index >= 15 is 0 Å². The van der Waals surface area contributed by atoms with E-state index in [1.165, 1.54) is 5.56 Å². The van der Waals surface area contributed by atoms with Crippen LogP contribution < -0.4 is 5.32 Å². The van der Waals surface area contributed by atoms with Crippen molar-refractivity contribution in [3.8, 4) is 11.5 Å². The maximum atomic E-state index is 5.69. The fourth-order valence-electron chi connectivity index (χ4n) is 1.80. The fraction of sp³-hybridized carbons (Fsp3) is 0.429. The molecule has 1 aromatic carbocycles. The molecule has 0 unspecified atom stereocenters. The third-order valence-electron chi connectivity index (χ3n) is 2.86. The molecule has 0 aliphatic carbocycles. The Labute approximate surface area is 107 Å². The van der Waals surface area contributed by atoms with Crippen LogP contribution in [0.25, 0.3) is 11.5 Å². The smallest absolute Gasteiger partial charge is 0.248 e. The Kier molecular flexibility index (Phi) is 4.10. The monoisotopic (exact) mass is 245 g/mol. The number of aromatic nitrogens is 2. The molecule has 0 radical (unpaired) electrons. The Morgan fingerprint density at radius 3 is 2.83 bits per heavy atom. The molecule has 1 N–H and O–H groups in total. The molecule has 0 saturated carbocycles. The molecule has 2 rings (SSSR count). The van der Waals surface area contributed by atoms with Crippen molar-refractivity contribution in [2.75, 3.05) is 13.1 Å². The molecule has 0 atom stereocenters.